The molecule has 0 aliphatic rings. The lowest BCUT2D eigenvalue weighted by Crippen LogP contribution is -2.00. The first-order valence-electron chi connectivity index (χ1n) is 15.8. The molecule has 4 aromatic heterocycles. The fourth-order valence-electron chi connectivity index (χ4n) is 6.77. The SMILES string of the molecule is c1ccc(-c2nc(-c3ccccc3)nc(-c3ccc(-c4cccc5oc6ccccc6c45)c4oc5cc6ncccc6cc5c34)n2)cc1. The average molecular weight is 617 g/mol. The minimum Gasteiger partial charge on any atom is -0.456 e. The maximum absolute atomic E-state index is 6.83. The average Bonchev–Trinajstić information content (AvgIpc) is 3.72. The first-order chi connectivity index (χ1) is 23.8. The first-order valence-corrected chi connectivity index (χ1v) is 15.8. The minimum absolute atomic E-state index is 0.570. The summed E-state index contributed by atoms with van der Waals surface area (Å²) in [6.45, 7) is 0. The smallest absolute Gasteiger partial charge is 0.164 e. The van der Waals surface area contributed by atoms with E-state index in [1.165, 1.54) is 0 Å². The zero-order valence-electron chi connectivity index (χ0n) is 25.5. The number of aromatic nitrogens is 4. The Kier molecular flexibility index (Phi) is 5.77. The number of benzene rings is 6. The molecule has 0 spiro atoms. The highest BCUT2D eigenvalue weighted by atomic mass is 16.3. The van der Waals surface area contributed by atoms with Crippen LogP contribution in [0.3, 0.4) is 0 Å². The maximum Gasteiger partial charge on any atom is 0.164 e. The van der Waals surface area contributed by atoms with Gasteiger partial charge in [0.1, 0.15) is 22.3 Å². The standard InChI is InChI=1S/C42H24N4O2/c1-3-11-25(12-4-1)40-44-41(26-13-5-2-6-14-26)46-42(45-40)31-21-20-29(28-17-9-19-35-37(28)30-16-7-8-18-34(30)47-35)39-38(31)32-23-27-15-10-22-43-33(27)24-36(32)48-39/h1-24H. The van der Waals surface area contributed by atoms with Crippen molar-refractivity contribution in [1.82, 2.24) is 19.9 Å². The Morgan fingerprint density at radius 3 is 1.90 bits per heavy atom. The van der Waals surface area contributed by atoms with Gasteiger partial charge in [-0.3, -0.25) is 4.98 Å². The molecule has 6 nitrogen and oxygen atoms in total. The van der Waals surface area contributed by atoms with Crippen LogP contribution in [0.2, 0.25) is 0 Å². The second kappa shape index (κ2) is 10.4. The van der Waals surface area contributed by atoms with Gasteiger partial charge >= 0.3 is 0 Å². The first kappa shape index (κ1) is 26.5. The van der Waals surface area contributed by atoms with Gasteiger partial charge in [-0.15, -0.1) is 0 Å². The molecule has 10 aromatic rings. The Bertz CT molecular complexity index is 2780. The molecule has 224 valence electrons. The number of para-hydroxylation sites is 1. The van der Waals surface area contributed by atoms with E-state index in [4.69, 9.17) is 23.8 Å². The number of hydrogen-bond donors (Lipinski definition) is 0. The molecule has 10 rings (SSSR count). The molecule has 0 N–H and O–H groups in total. The molecule has 0 saturated heterocycles. The highest BCUT2D eigenvalue weighted by Gasteiger charge is 2.23. The normalized spacial score (nSPS) is 11.8. The molecule has 0 atom stereocenters. The van der Waals surface area contributed by atoms with Crippen molar-refractivity contribution in [1.29, 1.82) is 0 Å². The molecule has 0 bridgehead atoms. The lowest BCUT2D eigenvalue weighted by atomic mass is 9.95. The van der Waals surface area contributed by atoms with Crippen molar-refractivity contribution in [3.8, 4) is 45.3 Å². The van der Waals surface area contributed by atoms with Crippen LogP contribution >= 0.6 is 0 Å². The fourth-order valence-corrected chi connectivity index (χ4v) is 6.77. The number of pyridine rings is 1. The van der Waals surface area contributed by atoms with Crippen molar-refractivity contribution < 1.29 is 8.83 Å². The summed E-state index contributed by atoms with van der Waals surface area (Å²) in [4.78, 5) is 19.7. The highest BCUT2D eigenvalue weighted by molar-refractivity contribution is 6.21. The Morgan fingerprint density at radius 2 is 1.10 bits per heavy atom. The molecule has 0 radical (unpaired) electrons. The lowest BCUT2D eigenvalue weighted by molar-refractivity contribution is 0.669. The number of hydrogen-bond acceptors (Lipinski definition) is 6. The molecule has 48 heavy (non-hydrogen) atoms. The van der Waals surface area contributed by atoms with E-state index >= 15 is 0 Å². The van der Waals surface area contributed by atoms with E-state index in [-0.39, 0.29) is 0 Å². The summed E-state index contributed by atoms with van der Waals surface area (Å²) in [6, 6.07) is 46.8. The number of nitrogens with zero attached hydrogens (tertiary/aromatic N) is 4. The van der Waals surface area contributed by atoms with Crippen LogP contribution in [-0.2, 0) is 0 Å². The summed E-state index contributed by atoms with van der Waals surface area (Å²) in [7, 11) is 0. The second-order valence-corrected chi connectivity index (χ2v) is 11.8. The van der Waals surface area contributed by atoms with E-state index in [0.29, 0.717) is 17.5 Å². The highest BCUT2D eigenvalue weighted by Crippen LogP contribution is 2.45. The molecule has 0 aliphatic heterocycles. The Labute approximate surface area is 274 Å². The van der Waals surface area contributed by atoms with Crippen molar-refractivity contribution in [3.63, 3.8) is 0 Å². The van der Waals surface area contributed by atoms with Gasteiger partial charge in [-0.2, -0.15) is 0 Å². The molecular formula is C42H24N4O2. The van der Waals surface area contributed by atoms with Gasteiger partial charge in [-0.1, -0.05) is 97.1 Å². The van der Waals surface area contributed by atoms with Gasteiger partial charge in [0.25, 0.3) is 0 Å². The number of rotatable bonds is 4. The molecule has 0 saturated carbocycles. The van der Waals surface area contributed by atoms with Gasteiger partial charge in [0.2, 0.25) is 0 Å². The van der Waals surface area contributed by atoms with Gasteiger partial charge < -0.3 is 8.83 Å². The van der Waals surface area contributed by atoms with E-state index in [2.05, 4.69) is 41.4 Å². The second-order valence-electron chi connectivity index (χ2n) is 11.8. The summed E-state index contributed by atoms with van der Waals surface area (Å²) in [5.41, 5.74) is 8.72. The fraction of sp³-hybridized carbons (Fsp3) is 0. The van der Waals surface area contributed by atoms with Crippen LogP contribution in [-0.4, -0.2) is 19.9 Å². The van der Waals surface area contributed by atoms with Crippen LogP contribution in [0.4, 0.5) is 0 Å². The number of fused-ring (bicyclic) bond motifs is 7. The van der Waals surface area contributed by atoms with Crippen LogP contribution in [0.5, 0.6) is 0 Å². The lowest BCUT2D eigenvalue weighted by Gasteiger charge is -2.11. The summed E-state index contributed by atoms with van der Waals surface area (Å²) >= 11 is 0. The van der Waals surface area contributed by atoms with Crippen LogP contribution in [0.25, 0.3) is 100 Å². The zero-order chi connectivity index (χ0) is 31.6. The summed E-state index contributed by atoms with van der Waals surface area (Å²) in [5.74, 6) is 1.78. The molecule has 4 heterocycles. The number of furan rings is 2. The predicted octanol–water partition coefficient (Wildman–Crippen LogP) is 10.9. The van der Waals surface area contributed by atoms with E-state index in [9.17, 15) is 0 Å². The Hall–Kier alpha value is -6.66. The van der Waals surface area contributed by atoms with Crippen LogP contribution in [0.1, 0.15) is 0 Å². The Balaban J connectivity index is 1.31. The molecule has 0 aliphatic carbocycles. The third kappa shape index (κ3) is 4.13. The van der Waals surface area contributed by atoms with Gasteiger partial charge in [0, 0.05) is 61.4 Å². The topological polar surface area (TPSA) is 77.8 Å². The van der Waals surface area contributed by atoms with Crippen LogP contribution in [0.15, 0.2) is 155 Å². The largest absolute Gasteiger partial charge is 0.456 e. The van der Waals surface area contributed by atoms with Crippen LogP contribution < -0.4 is 0 Å². The Morgan fingerprint density at radius 1 is 0.417 bits per heavy atom. The van der Waals surface area contributed by atoms with E-state index in [0.717, 1.165) is 82.6 Å². The van der Waals surface area contributed by atoms with Crippen molar-refractivity contribution >= 4 is 54.8 Å². The summed E-state index contributed by atoms with van der Waals surface area (Å²) in [6.07, 6.45) is 1.80. The third-order valence-corrected chi connectivity index (χ3v) is 8.98. The zero-order valence-corrected chi connectivity index (χ0v) is 25.5. The van der Waals surface area contributed by atoms with Gasteiger partial charge in [0.05, 0.1) is 5.52 Å². The molecule has 0 amide bonds. The molecule has 0 unspecified atom stereocenters. The quantitative estimate of drug-likeness (QED) is 0.196. The summed E-state index contributed by atoms with van der Waals surface area (Å²) in [5, 5.41) is 5.03. The van der Waals surface area contributed by atoms with E-state index in [1.54, 1.807) is 6.20 Å². The molecule has 6 aromatic carbocycles. The van der Waals surface area contributed by atoms with Gasteiger partial charge in [0.15, 0.2) is 17.5 Å². The van der Waals surface area contributed by atoms with Crippen molar-refractivity contribution in [2.75, 3.05) is 0 Å². The van der Waals surface area contributed by atoms with Crippen molar-refractivity contribution in [2.45, 2.75) is 0 Å². The third-order valence-electron chi connectivity index (χ3n) is 8.98. The monoisotopic (exact) mass is 616 g/mol. The summed E-state index contributed by atoms with van der Waals surface area (Å²) < 4.78 is 13.1. The van der Waals surface area contributed by atoms with Gasteiger partial charge in [-0.25, -0.2) is 15.0 Å². The van der Waals surface area contributed by atoms with E-state index < -0.39 is 0 Å². The maximum atomic E-state index is 6.83. The van der Waals surface area contributed by atoms with Crippen molar-refractivity contribution in [2.24, 2.45) is 0 Å². The minimum atomic E-state index is 0.570. The molecular weight excluding hydrogens is 592 g/mol. The predicted molar refractivity (Wildman–Crippen MR) is 191 cm³/mol. The van der Waals surface area contributed by atoms with Crippen molar-refractivity contribution in [3.05, 3.63) is 146 Å². The van der Waals surface area contributed by atoms with E-state index in [1.807, 2.05) is 103 Å². The molecule has 0 fully saturated rings. The van der Waals surface area contributed by atoms with Crippen LogP contribution in [0, 0.1) is 0 Å². The molecule has 6 heteroatoms. The van der Waals surface area contributed by atoms with Gasteiger partial charge in [-0.05, 0) is 42.0 Å².